The summed E-state index contributed by atoms with van der Waals surface area (Å²) < 4.78 is 18.5. The third-order valence-electron chi connectivity index (χ3n) is 2.71. The third kappa shape index (κ3) is 3.26. The Kier molecular flexibility index (Phi) is 4.42. The molecule has 1 aromatic carbocycles. The largest absolute Gasteiger partial charge is 0.481 e. The molecule has 1 heterocycles. The molecule has 0 N–H and O–H groups in total. The second-order valence-electron chi connectivity index (χ2n) is 4.08. The smallest absolute Gasteiger partial charge is 0.269 e. The minimum atomic E-state index is -0.669. The number of ether oxygens (including phenoxy) is 1. The van der Waals surface area contributed by atoms with Gasteiger partial charge in [-0.2, -0.15) is 0 Å². The highest BCUT2D eigenvalue weighted by Gasteiger charge is 2.28. The van der Waals surface area contributed by atoms with E-state index in [1.54, 1.807) is 24.0 Å². The fraction of sp³-hybridized carbons (Fsp3) is 0.385. The SMILES string of the molecule is CSC1=NCCN1C(=O)C(C)Oc1cccc(F)c1. The lowest BCUT2D eigenvalue weighted by molar-refractivity contribution is -0.133. The molecule has 0 saturated heterocycles. The number of carbonyl (C=O) groups is 1. The van der Waals surface area contributed by atoms with E-state index < -0.39 is 6.10 Å². The van der Waals surface area contributed by atoms with Gasteiger partial charge >= 0.3 is 0 Å². The maximum Gasteiger partial charge on any atom is 0.269 e. The van der Waals surface area contributed by atoms with Gasteiger partial charge in [0, 0.05) is 12.6 Å². The van der Waals surface area contributed by atoms with Gasteiger partial charge in [0.1, 0.15) is 11.6 Å². The number of amides is 1. The minimum absolute atomic E-state index is 0.158. The van der Waals surface area contributed by atoms with E-state index in [4.69, 9.17) is 4.74 Å². The summed E-state index contributed by atoms with van der Waals surface area (Å²) in [6, 6.07) is 5.77. The van der Waals surface area contributed by atoms with Gasteiger partial charge < -0.3 is 4.74 Å². The first-order chi connectivity index (χ1) is 9.11. The molecular formula is C13H15FN2O2S. The van der Waals surface area contributed by atoms with Crippen molar-refractivity contribution in [3.05, 3.63) is 30.1 Å². The molecule has 0 fully saturated rings. The Morgan fingerprint density at radius 1 is 1.58 bits per heavy atom. The van der Waals surface area contributed by atoms with E-state index in [0.717, 1.165) is 0 Å². The average molecular weight is 282 g/mol. The van der Waals surface area contributed by atoms with Crippen molar-refractivity contribution in [2.45, 2.75) is 13.0 Å². The van der Waals surface area contributed by atoms with Gasteiger partial charge in [0.25, 0.3) is 5.91 Å². The molecule has 102 valence electrons. The molecule has 0 spiro atoms. The molecular weight excluding hydrogens is 267 g/mol. The average Bonchev–Trinajstić information content (AvgIpc) is 2.86. The Bertz CT molecular complexity index is 507. The summed E-state index contributed by atoms with van der Waals surface area (Å²) in [6.07, 6.45) is 1.21. The Hall–Kier alpha value is -1.56. The maximum atomic E-state index is 13.0. The number of benzene rings is 1. The summed E-state index contributed by atoms with van der Waals surface area (Å²) in [5, 5.41) is 0.708. The summed E-state index contributed by atoms with van der Waals surface area (Å²) in [5.74, 6) is -0.192. The van der Waals surface area contributed by atoms with Gasteiger partial charge in [-0.1, -0.05) is 17.8 Å². The Labute approximate surface area is 115 Å². The highest BCUT2D eigenvalue weighted by molar-refractivity contribution is 8.13. The van der Waals surface area contributed by atoms with Crippen LogP contribution in [0.5, 0.6) is 5.75 Å². The van der Waals surface area contributed by atoms with Crippen LogP contribution in [-0.4, -0.2) is 41.4 Å². The fourth-order valence-electron chi connectivity index (χ4n) is 1.82. The lowest BCUT2D eigenvalue weighted by atomic mass is 10.3. The minimum Gasteiger partial charge on any atom is -0.481 e. The van der Waals surface area contributed by atoms with Crippen molar-refractivity contribution in [3.8, 4) is 5.75 Å². The van der Waals surface area contributed by atoms with Gasteiger partial charge in [-0.05, 0) is 25.3 Å². The van der Waals surface area contributed by atoms with E-state index in [1.165, 1.54) is 23.9 Å². The van der Waals surface area contributed by atoms with Crippen LogP contribution < -0.4 is 4.74 Å². The summed E-state index contributed by atoms with van der Waals surface area (Å²) in [7, 11) is 0. The summed E-state index contributed by atoms with van der Waals surface area (Å²) in [6.45, 7) is 2.85. The Morgan fingerprint density at radius 2 is 2.37 bits per heavy atom. The van der Waals surface area contributed by atoms with Crippen molar-refractivity contribution >= 4 is 22.8 Å². The molecule has 0 aliphatic carbocycles. The lowest BCUT2D eigenvalue weighted by Crippen LogP contribution is -2.41. The summed E-state index contributed by atoms with van der Waals surface area (Å²) in [5.41, 5.74) is 0. The number of hydrogen-bond acceptors (Lipinski definition) is 4. The van der Waals surface area contributed by atoms with Crippen LogP contribution in [0.1, 0.15) is 6.92 Å². The molecule has 0 radical (unpaired) electrons. The second-order valence-corrected chi connectivity index (χ2v) is 4.85. The van der Waals surface area contributed by atoms with Crippen molar-refractivity contribution < 1.29 is 13.9 Å². The monoisotopic (exact) mass is 282 g/mol. The Morgan fingerprint density at radius 3 is 3.05 bits per heavy atom. The van der Waals surface area contributed by atoms with Crippen LogP contribution >= 0.6 is 11.8 Å². The van der Waals surface area contributed by atoms with E-state index in [9.17, 15) is 9.18 Å². The zero-order chi connectivity index (χ0) is 13.8. The highest BCUT2D eigenvalue weighted by Crippen LogP contribution is 2.17. The number of hydrogen-bond donors (Lipinski definition) is 0. The van der Waals surface area contributed by atoms with Gasteiger partial charge in [-0.3, -0.25) is 14.7 Å². The molecule has 1 atom stereocenters. The quantitative estimate of drug-likeness (QED) is 0.853. The van der Waals surface area contributed by atoms with Crippen LogP contribution in [-0.2, 0) is 4.79 Å². The van der Waals surface area contributed by atoms with E-state index in [-0.39, 0.29) is 11.7 Å². The summed E-state index contributed by atoms with van der Waals surface area (Å²) >= 11 is 1.43. The van der Waals surface area contributed by atoms with Crippen LogP contribution in [0.4, 0.5) is 4.39 Å². The number of rotatable bonds is 3. The zero-order valence-corrected chi connectivity index (χ0v) is 11.6. The molecule has 1 aliphatic heterocycles. The molecule has 0 bridgehead atoms. The molecule has 0 aromatic heterocycles. The van der Waals surface area contributed by atoms with Crippen LogP contribution in [0.3, 0.4) is 0 Å². The predicted molar refractivity (Wildman–Crippen MR) is 74.0 cm³/mol. The van der Waals surface area contributed by atoms with E-state index in [0.29, 0.717) is 24.0 Å². The zero-order valence-electron chi connectivity index (χ0n) is 10.8. The van der Waals surface area contributed by atoms with Gasteiger partial charge in [-0.15, -0.1) is 0 Å². The lowest BCUT2D eigenvalue weighted by Gasteiger charge is -2.21. The topological polar surface area (TPSA) is 41.9 Å². The number of nitrogens with zero attached hydrogens (tertiary/aromatic N) is 2. The molecule has 0 saturated carbocycles. The number of halogens is 1. The standard InChI is InChI=1S/C13H15FN2O2S/c1-9(18-11-5-3-4-10(14)8-11)12(17)16-7-6-15-13(16)19-2/h3-5,8-9H,6-7H2,1-2H3. The first-order valence-corrected chi connectivity index (χ1v) is 7.16. The number of aliphatic imine (C=N–C) groups is 1. The molecule has 19 heavy (non-hydrogen) atoms. The highest BCUT2D eigenvalue weighted by atomic mass is 32.2. The molecule has 1 aromatic rings. The van der Waals surface area contributed by atoms with E-state index >= 15 is 0 Å². The van der Waals surface area contributed by atoms with E-state index in [2.05, 4.69) is 4.99 Å². The van der Waals surface area contributed by atoms with Crippen molar-refractivity contribution in [1.82, 2.24) is 4.90 Å². The van der Waals surface area contributed by atoms with Crippen molar-refractivity contribution in [2.24, 2.45) is 4.99 Å². The molecule has 1 aliphatic rings. The first-order valence-electron chi connectivity index (χ1n) is 5.94. The fourth-order valence-corrected chi connectivity index (χ4v) is 2.44. The predicted octanol–water partition coefficient (Wildman–Crippen LogP) is 2.15. The molecule has 6 heteroatoms. The van der Waals surface area contributed by atoms with Crippen LogP contribution in [0.25, 0.3) is 0 Å². The third-order valence-corrected chi connectivity index (χ3v) is 3.42. The molecule has 1 unspecified atom stereocenters. The van der Waals surface area contributed by atoms with Crippen molar-refractivity contribution in [1.29, 1.82) is 0 Å². The number of carbonyl (C=O) groups excluding carboxylic acids is 1. The van der Waals surface area contributed by atoms with Gasteiger partial charge in [0.05, 0.1) is 6.54 Å². The van der Waals surface area contributed by atoms with Gasteiger partial charge in [-0.25, -0.2) is 4.39 Å². The van der Waals surface area contributed by atoms with Crippen molar-refractivity contribution in [2.75, 3.05) is 19.3 Å². The number of amidine groups is 1. The molecule has 4 nitrogen and oxygen atoms in total. The maximum absolute atomic E-state index is 13.0. The first kappa shape index (κ1) is 13.9. The summed E-state index contributed by atoms with van der Waals surface area (Å²) in [4.78, 5) is 18.1. The Balaban J connectivity index is 2.02. The van der Waals surface area contributed by atoms with Crippen LogP contribution in [0.15, 0.2) is 29.3 Å². The number of thioether (sulfide) groups is 1. The van der Waals surface area contributed by atoms with Gasteiger partial charge in [0.15, 0.2) is 11.3 Å². The van der Waals surface area contributed by atoms with Crippen molar-refractivity contribution in [3.63, 3.8) is 0 Å². The second kappa shape index (κ2) is 6.06. The molecule has 1 amide bonds. The normalized spacial score (nSPS) is 16.2. The van der Waals surface area contributed by atoms with Crippen LogP contribution in [0, 0.1) is 5.82 Å². The van der Waals surface area contributed by atoms with E-state index in [1.807, 2.05) is 6.26 Å². The van der Waals surface area contributed by atoms with Crippen LogP contribution in [0.2, 0.25) is 0 Å². The molecule has 2 rings (SSSR count). The van der Waals surface area contributed by atoms with Gasteiger partial charge in [0.2, 0.25) is 0 Å².